The highest BCUT2D eigenvalue weighted by molar-refractivity contribution is 6.04. The molecule has 0 unspecified atom stereocenters. The van der Waals surface area contributed by atoms with Crippen LogP contribution in [0, 0.1) is 6.92 Å². The number of nitrogens with two attached hydrogens (primary N) is 1. The molecule has 2 amide bonds. The maximum Gasteiger partial charge on any atom is 0.275 e. The predicted molar refractivity (Wildman–Crippen MR) is 106 cm³/mol. The molecule has 0 bridgehead atoms. The molecular formula is C19H17N7O3. The summed E-state index contributed by atoms with van der Waals surface area (Å²) >= 11 is 0. The zero-order valence-corrected chi connectivity index (χ0v) is 15.7. The van der Waals surface area contributed by atoms with Crippen LogP contribution in [0.4, 0.5) is 5.69 Å². The number of aromatic nitrogens is 5. The van der Waals surface area contributed by atoms with Gasteiger partial charge >= 0.3 is 0 Å². The summed E-state index contributed by atoms with van der Waals surface area (Å²) in [5.74, 6) is -1.27. The van der Waals surface area contributed by atoms with E-state index in [4.69, 9.17) is 5.73 Å². The Hall–Kier alpha value is -4.08. The Morgan fingerprint density at radius 1 is 1.14 bits per heavy atom. The van der Waals surface area contributed by atoms with E-state index in [2.05, 4.69) is 20.5 Å². The van der Waals surface area contributed by atoms with Crippen molar-refractivity contribution in [2.24, 2.45) is 12.8 Å². The molecule has 0 radical (unpaired) electrons. The molecule has 4 aromatic rings. The smallest absolute Gasteiger partial charge is 0.275 e. The largest absolute Gasteiger partial charge is 0.364 e. The van der Waals surface area contributed by atoms with Gasteiger partial charge in [0.25, 0.3) is 11.5 Å². The van der Waals surface area contributed by atoms with E-state index < -0.39 is 17.4 Å². The molecule has 3 heterocycles. The number of pyridine rings is 1. The fourth-order valence-electron chi connectivity index (χ4n) is 3.24. The summed E-state index contributed by atoms with van der Waals surface area (Å²) in [5, 5.41) is 12.4. The summed E-state index contributed by atoms with van der Waals surface area (Å²) in [5.41, 5.74) is 6.77. The normalized spacial score (nSPS) is 11.1. The number of anilines is 1. The van der Waals surface area contributed by atoms with Crippen molar-refractivity contribution in [2.45, 2.75) is 13.5 Å². The van der Waals surface area contributed by atoms with Crippen LogP contribution in [-0.2, 0) is 18.4 Å². The quantitative estimate of drug-likeness (QED) is 0.526. The van der Waals surface area contributed by atoms with Gasteiger partial charge in [0.1, 0.15) is 6.54 Å². The van der Waals surface area contributed by atoms with Gasteiger partial charge < -0.3 is 11.1 Å². The second-order valence-electron chi connectivity index (χ2n) is 6.57. The lowest BCUT2D eigenvalue weighted by Gasteiger charge is -2.10. The lowest BCUT2D eigenvalue weighted by atomic mass is 10.1. The highest BCUT2D eigenvalue weighted by Crippen LogP contribution is 2.19. The van der Waals surface area contributed by atoms with Crippen LogP contribution in [0.1, 0.15) is 16.2 Å². The van der Waals surface area contributed by atoms with Crippen LogP contribution in [0.5, 0.6) is 0 Å². The van der Waals surface area contributed by atoms with E-state index in [1.165, 1.54) is 6.20 Å². The molecule has 3 N–H and O–H groups in total. The fraction of sp³-hybridized carbons (Fsp3) is 0.158. The maximum absolute atomic E-state index is 12.7. The first-order valence-electron chi connectivity index (χ1n) is 8.74. The minimum absolute atomic E-state index is 0.0675. The van der Waals surface area contributed by atoms with Crippen molar-refractivity contribution < 1.29 is 9.59 Å². The summed E-state index contributed by atoms with van der Waals surface area (Å²) < 4.78 is 2.58. The first kappa shape index (κ1) is 18.3. The van der Waals surface area contributed by atoms with Gasteiger partial charge in [0.2, 0.25) is 5.91 Å². The third-order valence-electron chi connectivity index (χ3n) is 4.54. The highest BCUT2D eigenvalue weighted by Gasteiger charge is 2.16. The second kappa shape index (κ2) is 6.82. The average Bonchev–Trinajstić information content (AvgIpc) is 2.97. The molecule has 3 aromatic heterocycles. The zero-order chi connectivity index (χ0) is 20.7. The number of amides is 2. The van der Waals surface area contributed by atoms with E-state index in [9.17, 15) is 14.4 Å². The Kier molecular flexibility index (Phi) is 4.30. The Bertz CT molecular complexity index is 1350. The van der Waals surface area contributed by atoms with E-state index in [0.29, 0.717) is 16.7 Å². The van der Waals surface area contributed by atoms with Crippen molar-refractivity contribution in [1.82, 2.24) is 24.5 Å². The van der Waals surface area contributed by atoms with E-state index >= 15 is 0 Å². The molecule has 0 aliphatic rings. The highest BCUT2D eigenvalue weighted by atomic mass is 16.2. The maximum atomic E-state index is 12.7. The van der Waals surface area contributed by atoms with E-state index in [-0.39, 0.29) is 17.6 Å². The number of fused-ring (bicyclic) bond motifs is 2. The van der Waals surface area contributed by atoms with Gasteiger partial charge in [-0.1, -0.05) is 18.2 Å². The summed E-state index contributed by atoms with van der Waals surface area (Å²) in [6, 6.07) is 8.25. The molecule has 0 spiro atoms. The molecular weight excluding hydrogens is 374 g/mol. The van der Waals surface area contributed by atoms with Crippen LogP contribution in [0.15, 0.2) is 41.3 Å². The van der Waals surface area contributed by atoms with E-state index in [0.717, 1.165) is 15.8 Å². The number of primary amides is 1. The van der Waals surface area contributed by atoms with Crippen LogP contribution >= 0.6 is 0 Å². The molecule has 0 fully saturated rings. The molecule has 0 aliphatic carbocycles. The fourth-order valence-corrected chi connectivity index (χ4v) is 3.24. The van der Waals surface area contributed by atoms with Crippen molar-refractivity contribution in [3.8, 4) is 0 Å². The topological polar surface area (TPSA) is 138 Å². The molecule has 4 rings (SSSR count). The predicted octanol–water partition coefficient (Wildman–Crippen LogP) is 0.724. The lowest BCUT2D eigenvalue weighted by Crippen LogP contribution is -2.32. The molecule has 0 saturated heterocycles. The third kappa shape index (κ3) is 3.20. The van der Waals surface area contributed by atoms with Gasteiger partial charge in [-0.15, -0.1) is 0 Å². The Labute approximate surface area is 163 Å². The molecule has 10 nitrogen and oxygen atoms in total. The number of hydrogen-bond acceptors (Lipinski definition) is 6. The summed E-state index contributed by atoms with van der Waals surface area (Å²) in [6.45, 7) is 1.47. The number of nitrogens with zero attached hydrogens (tertiary/aromatic N) is 5. The number of carbonyl (C=O) groups excluding carboxylic acids is 2. The third-order valence-corrected chi connectivity index (χ3v) is 4.54. The molecule has 0 atom stereocenters. The van der Waals surface area contributed by atoms with Crippen molar-refractivity contribution >= 4 is 39.3 Å². The van der Waals surface area contributed by atoms with Gasteiger partial charge in [-0.25, -0.2) is 9.67 Å². The lowest BCUT2D eigenvalue weighted by molar-refractivity contribution is -0.117. The Morgan fingerprint density at radius 3 is 2.59 bits per heavy atom. The molecule has 146 valence electrons. The molecule has 1 aromatic carbocycles. The number of carbonyl (C=O) groups is 2. The van der Waals surface area contributed by atoms with Crippen molar-refractivity contribution in [3.05, 3.63) is 58.3 Å². The van der Waals surface area contributed by atoms with Crippen molar-refractivity contribution in [2.75, 3.05) is 5.32 Å². The van der Waals surface area contributed by atoms with Gasteiger partial charge in [-0.2, -0.15) is 10.2 Å². The average molecular weight is 391 g/mol. The molecule has 0 aliphatic heterocycles. The van der Waals surface area contributed by atoms with Crippen molar-refractivity contribution in [1.29, 1.82) is 0 Å². The standard InChI is InChI=1S/C19H17N7O3/c1-10-14-7-11(8-21-18(14)25(2)23-10)22-15(27)9-26-19(29)13-6-4-3-5-12(13)16(24-26)17(20)28/h3-8H,9H2,1-2H3,(H2,20,28)(H,22,27). The van der Waals surface area contributed by atoms with Gasteiger partial charge in [0.05, 0.1) is 23.0 Å². The number of benzene rings is 1. The van der Waals surface area contributed by atoms with E-state index in [1.54, 1.807) is 42.1 Å². The monoisotopic (exact) mass is 391 g/mol. The number of nitrogens with one attached hydrogen (secondary N) is 1. The van der Waals surface area contributed by atoms with Crippen LogP contribution in [0.25, 0.3) is 21.8 Å². The number of hydrogen-bond donors (Lipinski definition) is 2. The Balaban J connectivity index is 1.66. The first-order valence-corrected chi connectivity index (χ1v) is 8.74. The SMILES string of the molecule is Cc1nn(C)c2ncc(NC(=O)Cn3nc(C(N)=O)c4ccccc4c3=O)cc12. The summed E-state index contributed by atoms with van der Waals surface area (Å²) in [4.78, 5) is 41.2. The summed E-state index contributed by atoms with van der Waals surface area (Å²) in [7, 11) is 1.79. The van der Waals surface area contributed by atoms with Crippen LogP contribution in [0.3, 0.4) is 0 Å². The summed E-state index contributed by atoms with van der Waals surface area (Å²) in [6.07, 6.45) is 1.51. The molecule has 29 heavy (non-hydrogen) atoms. The van der Waals surface area contributed by atoms with Gasteiger partial charge in [0, 0.05) is 17.8 Å². The van der Waals surface area contributed by atoms with Gasteiger partial charge in [-0.3, -0.25) is 19.1 Å². The first-order chi connectivity index (χ1) is 13.8. The van der Waals surface area contributed by atoms with Crippen LogP contribution < -0.4 is 16.6 Å². The second-order valence-corrected chi connectivity index (χ2v) is 6.57. The van der Waals surface area contributed by atoms with Gasteiger partial charge in [0.15, 0.2) is 11.3 Å². The molecule has 10 heteroatoms. The van der Waals surface area contributed by atoms with Crippen LogP contribution in [0.2, 0.25) is 0 Å². The van der Waals surface area contributed by atoms with Crippen molar-refractivity contribution in [3.63, 3.8) is 0 Å². The molecule has 0 saturated carbocycles. The van der Waals surface area contributed by atoms with Crippen LogP contribution in [-0.4, -0.2) is 36.4 Å². The van der Waals surface area contributed by atoms with E-state index in [1.807, 2.05) is 6.92 Å². The minimum atomic E-state index is -0.780. The number of rotatable bonds is 4. The minimum Gasteiger partial charge on any atom is -0.364 e. The van der Waals surface area contributed by atoms with Gasteiger partial charge in [-0.05, 0) is 19.1 Å². The zero-order valence-electron chi connectivity index (χ0n) is 15.7. The Morgan fingerprint density at radius 2 is 1.86 bits per heavy atom. The number of aryl methyl sites for hydroxylation is 2.